The van der Waals surface area contributed by atoms with Crippen molar-refractivity contribution in [2.45, 2.75) is 16.2 Å². The van der Waals surface area contributed by atoms with Crippen molar-refractivity contribution in [1.29, 1.82) is 0 Å². The summed E-state index contributed by atoms with van der Waals surface area (Å²) in [4.78, 5) is 11.0. The summed E-state index contributed by atoms with van der Waals surface area (Å²) in [5.74, 6) is -1.33. The molecule has 142 valence electrons. The van der Waals surface area contributed by atoms with Gasteiger partial charge in [0.15, 0.2) is 0 Å². The van der Waals surface area contributed by atoms with Crippen LogP contribution in [-0.4, -0.2) is 14.7 Å². The third kappa shape index (κ3) is 4.23. The molecule has 0 bridgehead atoms. The lowest BCUT2D eigenvalue weighted by Gasteiger charge is -2.09. The lowest BCUT2D eigenvalue weighted by Crippen LogP contribution is -2.06. The van der Waals surface area contributed by atoms with E-state index in [1.807, 2.05) is 0 Å². The molecule has 0 saturated carbocycles. The fourth-order valence-corrected chi connectivity index (χ4v) is 4.23. The SMILES string of the molecule is O=CCc1ccccc1S(=O)(=O)c1ccc(C=Cc2ccc(F)cc2F)cc1. The van der Waals surface area contributed by atoms with E-state index in [0.29, 0.717) is 17.4 Å². The van der Waals surface area contributed by atoms with Gasteiger partial charge in [0.2, 0.25) is 9.84 Å². The molecule has 0 fully saturated rings. The van der Waals surface area contributed by atoms with Crippen molar-refractivity contribution in [1.82, 2.24) is 0 Å². The van der Waals surface area contributed by atoms with Gasteiger partial charge in [-0.25, -0.2) is 17.2 Å². The maximum absolute atomic E-state index is 13.7. The molecule has 3 aromatic carbocycles. The second kappa shape index (κ2) is 8.27. The second-order valence-electron chi connectivity index (χ2n) is 6.05. The monoisotopic (exact) mass is 398 g/mol. The minimum absolute atomic E-state index is 0.0134. The molecule has 0 aliphatic heterocycles. The average Bonchev–Trinajstić information content (AvgIpc) is 2.68. The molecule has 0 radical (unpaired) electrons. The van der Waals surface area contributed by atoms with E-state index in [4.69, 9.17) is 0 Å². The first-order valence-electron chi connectivity index (χ1n) is 8.41. The zero-order valence-electron chi connectivity index (χ0n) is 14.7. The Kier molecular flexibility index (Phi) is 5.80. The lowest BCUT2D eigenvalue weighted by atomic mass is 10.1. The Bertz CT molecular complexity index is 1130. The van der Waals surface area contributed by atoms with Gasteiger partial charge in [0, 0.05) is 18.1 Å². The molecule has 3 rings (SSSR count). The summed E-state index contributed by atoms with van der Waals surface area (Å²) in [6.07, 6.45) is 3.76. The molecule has 0 aliphatic carbocycles. The predicted molar refractivity (Wildman–Crippen MR) is 103 cm³/mol. The summed E-state index contributed by atoms with van der Waals surface area (Å²) in [6, 6.07) is 15.7. The Labute approximate surface area is 161 Å². The van der Waals surface area contributed by atoms with Crippen molar-refractivity contribution in [3.05, 3.63) is 95.1 Å². The van der Waals surface area contributed by atoms with Crippen molar-refractivity contribution in [3.8, 4) is 0 Å². The Hall–Kier alpha value is -3.12. The van der Waals surface area contributed by atoms with E-state index < -0.39 is 21.5 Å². The summed E-state index contributed by atoms with van der Waals surface area (Å²) >= 11 is 0. The molecule has 0 unspecified atom stereocenters. The van der Waals surface area contributed by atoms with Gasteiger partial charge in [0.25, 0.3) is 0 Å². The van der Waals surface area contributed by atoms with Gasteiger partial charge >= 0.3 is 0 Å². The van der Waals surface area contributed by atoms with Crippen LogP contribution in [0, 0.1) is 11.6 Å². The van der Waals surface area contributed by atoms with Crippen LogP contribution in [0.15, 0.2) is 76.5 Å². The van der Waals surface area contributed by atoms with Gasteiger partial charge in [-0.2, -0.15) is 0 Å². The van der Waals surface area contributed by atoms with Gasteiger partial charge in [-0.1, -0.05) is 42.5 Å². The molecule has 0 atom stereocenters. The fourth-order valence-electron chi connectivity index (χ4n) is 2.73. The summed E-state index contributed by atoms with van der Waals surface area (Å²) in [7, 11) is -3.77. The molecule has 0 aliphatic rings. The Morgan fingerprint density at radius 2 is 1.57 bits per heavy atom. The molecule has 6 heteroatoms. The van der Waals surface area contributed by atoms with E-state index in [1.165, 1.54) is 30.3 Å². The number of sulfone groups is 1. The quantitative estimate of drug-likeness (QED) is 0.446. The molecule has 0 N–H and O–H groups in total. The number of carbonyl (C=O) groups is 1. The van der Waals surface area contributed by atoms with Gasteiger partial charge < -0.3 is 4.79 Å². The van der Waals surface area contributed by atoms with Gasteiger partial charge in [0.1, 0.15) is 17.9 Å². The molecule has 28 heavy (non-hydrogen) atoms. The number of carbonyl (C=O) groups excluding carboxylic acids is 1. The highest BCUT2D eigenvalue weighted by Gasteiger charge is 2.20. The average molecular weight is 398 g/mol. The van der Waals surface area contributed by atoms with Gasteiger partial charge in [-0.15, -0.1) is 0 Å². The van der Waals surface area contributed by atoms with E-state index in [0.717, 1.165) is 12.1 Å². The van der Waals surface area contributed by atoms with E-state index in [-0.39, 0.29) is 21.8 Å². The van der Waals surface area contributed by atoms with Crippen LogP contribution >= 0.6 is 0 Å². The lowest BCUT2D eigenvalue weighted by molar-refractivity contribution is -0.107. The maximum atomic E-state index is 13.7. The Balaban J connectivity index is 1.88. The van der Waals surface area contributed by atoms with Crippen LogP contribution in [0.2, 0.25) is 0 Å². The molecular formula is C22H16F2O3S. The largest absolute Gasteiger partial charge is 0.303 e. The van der Waals surface area contributed by atoms with Crippen LogP contribution in [0.1, 0.15) is 16.7 Å². The summed E-state index contributed by atoms with van der Waals surface area (Å²) < 4.78 is 52.4. The fraction of sp³-hybridized carbons (Fsp3) is 0.0455. The van der Waals surface area contributed by atoms with E-state index >= 15 is 0 Å². The van der Waals surface area contributed by atoms with Crippen LogP contribution < -0.4 is 0 Å². The van der Waals surface area contributed by atoms with Crippen LogP contribution in [-0.2, 0) is 21.1 Å². The standard InChI is InChI=1S/C22H16F2O3S/c23-19-10-9-17(21(24)15-19)8-5-16-6-11-20(12-7-16)28(26,27)22-4-2-1-3-18(22)13-14-25/h1-12,14-15H,13H2. The van der Waals surface area contributed by atoms with Crippen LogP contribution in [0.3, 0.4) is 0 Å². The minimum atomic E-state index is -3.77. The van der Waals surface area contributed by atoms with Crippen LogP contribution in [0.25, 0.3) is 12.2 Å². The smallest absolute Gasteiger partial charge is 0.206 e. The highest BCUT2D eigenvalue weighted by molar-refractivity contribution is 7.91. The molecular weight excluding hydrogens is 382 g/mol. The highest BCUT2D eigenvalue weighted by Crippen LogP contribution is 2.25. The van der Waals surface area contributed by atoms with E-state index in [9.17, 15) is 22.0 Å². The number of benzene rings is 3. The molecule has 0 heterocycles. The summed E-state index contributed by atoms with van der Waals surface area (Å²) in [6.45, 7) is 0. The minimum Gasteiger partial charge on any atom is -0.303 e. The highest BCUT2D eigenvalue weighted by atomic mass is 32.2. The summed E-state index contributed by atoms with van der Waals surface area (Å²) in [5.41, 5.74) is 1.32. The third-order valence-electron chi connectivity index (χ3n) is 4.17. The molecule has 0 aromatic heterocycles. The topological polar surface area (TPSA) is 51.2 Å². The molecule has 0 spiro atoms. The van der Waals surface area contributed by atoms with Crippen molar-refractivity contribution in [2.75, 3.05) is 0 Å². The number of halogens is 2. The Morgan fingerprint density at radius 1 is 0.857 bits per heavy atom. The number of rotatable bonds is 6. The normalized spacial score (nSPS) is 11.6. The molecule has 0 saturated heterocycles. The molecule has 3 aromatic rings. The molecule has 3 nitrogen and oxygen atoms in total. The van der Waals surface area contributed by atoms with Crippen molar-refractivity contribution >= 4 is 28.3 Å². The maximum Gasteiger partial charge on any atom is 0.206 e. The van der Waals surface area contributed by atoms with E-state index in [2.05, 4.69) is 0 Å². The first-order chi connectivity index (χ1) is 13.4. The third-order valence-corrected chi connectivity index (χ3v) is 6.04. The van der Waals surface area contributed by atoms with Gasteiger partial charge in [-0.3, -0.25) is 0 Å². The van der Waals surface area contributed by atoms with Gasteiger partial charge in [0.05, 0.1) is 9.79 Å². The first kappa shape index (κ1) is 19.6. The van der Waals surface area contributed by atoms with E-state index in [1.54, 1.807) is 36.4 Å². The zero-order chi connectivity index (χ0) is 20.1. The van der Waals surface area contributed by atoms with Crippen molar-refractivity contribution in [3.63, 3.8) is 0 Å². The van der Waals surface area contributed by atoms with Crippen LogP contribution in [0.5, 0.6) is 0 Å². The number of aldehydes is 1. The predicted octanol–water partition coefficient (Wildman–Crippen LogP) is 4.71. The van der Waals surface area contributed by atoms with Gasteiger partial charge in [-0.05, 0) is 41.5 Å². The summed E-state index contributed by atoms with van der Waals surface area (Å²) in [5, 5.41) is 0. The molecule has 0 amide bonds. The zero-order valence-corrected chi connectivity index (χ0v) is 15.5. The second-order valence-corrected chi connectivity index (χ2v) is 7.97. The number of hydrogen-bond donors (Lipinski definition) is 0. The van der Waals surface area contributed by atoms with Crippen molar-refractivity contribution in [2.24, 2.45) is 0 Å². The number of hydrogen-bond acceptors (Lipinski definition) is 3. The Morgan fingerprint density at radius 3 is 2.25 bits per heavy atom. The first-order valence-corrected chi connectivity index (χ1v) is 9.90. The van der Waals surface area contributed by atoms with Crippen LogP contribution in [0.4, 0.5) is 8.78 Å². The van der Waals surface area contributed by atoms with Crippen molar-refractivity contribution < 1.29 is 22.0 Å².